The van der Waals surface area contributed by atoms with Crippen LogP contribution in [0.15, 0.2) is 12.7 Å². The Hall–Kier alpha value is -5.44. The van der Waals surface area contributed by atoms with Gasteiger partial charge in [-0.15, -0.1) is 6.58 Å². The van der Waals surface area contributed by atoms with Crippen LogP contribution in [-0.2, 0) is 47.9 Å². The van der Waals surface area contributed by atoms with Crippen molar-refractivity contribution >= 4 is 59.1 Å². The maximum atomic E-state index is 14.5. The number of Topliss-reactive ketones (excluding diaryl/α,β-unsaturated/α-hetero) is 1. The summed E-state index contributed by atoms with van der Waals surface area (Å²) < 4.78 is 0. The Morgan fingerprint density at radius 2 is 1.19 bits per heavy atom. The number of carboxylic acids is 3. The van der Waals surface area contributed by atoms with E-state index in [2.05, 4.69) is 38.5 Å². The summed E-state index contributed by atoms with van der Waals surface area (Å²) in [7, 11) is 0. The number of allylic oxidation sites excluding steroid dienone is 1. The highest BCUT2D eigenvalue weighted by Gasteiger charge is 2.39. The maximum Gasteiger partial charge on any atom is 0.322 e. The van der Waals surface area contributed by atoms with Gasteiger partial charge in [-0.3, -0.25) is 53.3 Å². The van der Waals surface area contributed by atoms with Crippen LogP contribution in [0.2, 0.25) is 0 Å². The lowest BCUT2D eigenvalue weighted by Crippen LogP contribution is -2.62. The van der Waals surface area contributed by atoms with Gasteiger partial charge in [0.1, 0.15) is 36.9 Å². The number of hydrogen-bond donors (Lipinski definition) is 11. The fourth-order valence-corrected chi connectivity index (χ4v) is 8.11. The van der Waals surface area contributed by atoms with E-state index in [1.807, 2.05) is 5.32 Å². The lowest BCUT2D eigenvalue weighted by atomic mass is 9.82. The van der Waals surface area contributed by atoms with Crippen LogP contribution >= 0.6 is 0 Å². The summed E-state index contributed by atoms with van der Waals surface area (Å²) in [5, 5.41) is 57.1. The SMILES string of the molecule is C=CCCC(NC(O)C(CC1CCCCC1)NC(=O)C(NC(=O)C(NC(=O)C(CCC(=O)O)NC(=O)C(CCC(=O)O)NC(C)=O)C(C)C)C1CCCCC1)C(=O)C(=O)NCC(=O)O. The Bertz CT molecular complexity index is 1650. The first-order valence-corrected chi connectivity index (χ1v) is 22.2. The van der Waals surface area contributed by atoms with Crippen molar-refractivity contribution in [2.24, 2.45) is 17.8 Å². The Kier molecular flexibility index (Phi) is 24.2. The molecule has 2 fully saturated rings. The summed E-state index contributed by atoms with van der Waals surface area (Å²) in [5.41, 5.74) is 0. The number of rotatable bonds is 29. The van der Waals surface area contributed by atoms with E-state index in [0.29, 0.717) is 12.8 Å². The molecule has 0 saturated heterocycles. The largest absolute Gasteiger partial charge is 0.481 e. The van der Waals surface area contributed by atoms with E-state index in [0.717, 1.165) is 58.3 Å². The van der Waals surface area contributed by atoms with Crippen molar-refractivity contribution in [1.29, 1.82) is 0 Å². The highest BCUT2D eigenvalue weighted by atomic mass is 16.4. The highest BCUT2D eigenvalue weighted by molar-refractivity contribution is 6.38. The van der Waals surface area contributed by atoms with Gasteiger partial charge in [-0.1, -0.05) is 71.3 Å². The van der Waals surface area contributed by atoms with Crippen LogP contribution in [0.1, 0.15) is 130 Å². The van der Waals surface area contributed by atoms with Crippen LogP contribution in [0.5, 0.6) is 0 Å². The second kappa shape index (κ2) is 28.4. The van der Waals surface area contributed by atoms with Gasteiger partial charge >= 0.3 is 17.9 Å². The standard InChI is InChI=1S/C43H69N7O14/c1-5-6-17-28(37(58)43(64)44-23-34(56)57)46-40(61)31(22-26-13-9-7-10-14-26)48-42(63)36(27-15-11-8-12-16-27)50-41(62)35(24(2)3)49-39(60)30(19-21-33(54)55)47-38(59)29(45-25(4)51)18-20-32(52)53/h5,24,26-31,35-36,40,46,61H,1,6-23H2,2-4H3,(H,44,64)(H,45,51)(H,47,59)(H,48,63)(H,49,60)(H,50,62)(H,52,53)(H,54,55)(H,56,57). The molecular formula is C43H69N7O14. The third-order valence-corrected chi connectivity index (χ3v) is 11.6. The Morgan fingerprint density at radius 1 is 0.641 bits per heavy atom. The highest BCUT2D eigenvalue weighted by Crippen LogP contribution is 2.30. The molecule has 2 rings (SSSR count). The number of hydrogen-bond acceptors (Lipinski definition) is 12. The average Bonchev–Trinajstić information content (AvgIpc) is 3.24. The van der Waals surface area contributed by atoms with Crippen molar-refractivity contribution in [3.05, 3.63) is 12.7 Å². The van der Waals surface area contributed by atoms with E-state index in [9.17, 15) is 58.2 Å². The predicted molar refractivity (Wildman–Crippen MR) is 230 cm³/mol. The van der Waals surface area contributed by atoms with Crippen LogP contribution in [-0.4, -0.2) is 129 Å². The first kappa shape index (κ1) is 54.7. The number of aliphatic hydroxyl groups is 1. The van der Waals surface area contributed by atoms with Gasteiger partial charge in [0.15, 0.2) is 0 Å². The summed E-state index contributed by atoms with van der Waals surface area (Å²) in [6.07, 6.45) is 6.74. The van der Waals surface area contributed by atoms with Crippen LogP contribution in [0.25, 0.3) is 0 Å². The molecule has 0 aromatic carbocycles. The fourth-order valence-electron chi connectivity index (χ4n) is 8.11. The van der Waals surface area contributed by atoms with Gasteiger partial charge in [-0.05, 0) is 62.7 Å². The lowest BCUT2D eigenvalue weighted by Gasteiger charge is -2.36. The van der Waals surface area contributed by atoms with Gasteiger partial charge in [-0.2, -0.15) is 0 Å². The smallest absolute Gasteiger partial charge is 0.322 e. The predicted octanol–water partition coefficient (Wildman–Crippen LogP) is 0.379. The van der Waals surface area contributed by atoms with E-state index >= 15 is 0 Å². The number of aliphatic carboxylic acids is 3. The molecule has 2 aliphatic carbocycles. The number of carbonyl (C=O) groups is 10. The number of carboxylic acid groups (broad SMARTS) is 3. The molecule has 0 aliphatic heterocycles. The van der Waals surface area contributed by atoms with Crippen molar-refractivity contribution in [1.82, 2.24) is 37.2 Å². The minimum atomic E-state index is -1.57. The molecular weight excluding hydrogens is 839 g/mol. The number of amides is 6. The molecule has 360 valence electrons. The molecule has 21 nitrogen and oxygen atoms in total. The molecule has 0 spiro atoms. The van der Waals surface area contributed by atoms with E-state index in [1.54, 1.807) is 13.8 Å². The molecule has 2 saturated carbocycles. The summed E-state index contributed by atoms with van der Waals surface area (Å²) in [6, 6.07) is -7.68. The topological polar surface area (TPSA) is 336 Å². The van der Waals surface area contributed by atoms with E-state index in [4.69, 9.17) is 10.2 Å². The number of ketones is 1. The second-order valence-corrected chi connectivity index (χ2v) is 17.1. The zero-order valence-corrected chi connectivity index (χ0v) is 37.2. The summed E-state index contributed by atoms with van der Waals surface area (Å²) in [5.74, 6) is -10.9. The van der Waals surface area contributed by atoms with Gasteiger partial charge in [0.2, 0.25) is 35.3 Å². The first-order chi connectivity index (χ1) is 30.2. The van der Waals surface area contributed by atoms with Crippen LogP contribution < -0.4 is 37.2 Å². The minimum Gasteiger partial charge on any atom is -0.481 e. The molecule has 0 radical (unpaired) electrons. The van der Waals surface area contributed by atoms with E-state index in [1.165, 1.54) is 6.08 Å². The van der Waals surface area contributed by atoms with Gasteiger partial charge in [-0.25, -0.2) is 0 Å². The molecule has 0 aromatic heterocycles. The third kappa shape index (κ3) is 19.9. The summed E-state index contributed by atoms with van der Waals surface area (Å²) in [4.78, 5) is 127. The van der Waals surface area contributed by atoms with Gasteiger partial charge in [0, 0.05) is 19.8 Å². The summed E-state index contributed by atoms with van der Waals surface area (Å²) in [6.45, 7) is 7.21. The molecule has 0 heterocycles. The molecule has 0 aromatic rings. The monoisotopic (exact) mass is 907 g/mol. The Labute approximate surface area is 373 Å². The zero-order chi connectivity index (χ0) is 47.9. The third-order valence-electron chi connectivity index (χ3n) is 11.6. The van der Waals surface area contributed by atoms with Crippen LogP contribution in [0.3, 0.4) is 0 Å². The van der Waals surface area contributed by atoms with Crippen molar-refractivity contribution in [3.8, 4) is 0 Å². The molecule has 21 heteroatoms. The normalized spacial score (nSPS) is 17.8. The molecule has 7 unspecified atom stereocenters. The Morgan fingerprint density at radius 3 is 1.70 bits per heavy atom. The van der Waals surface area contributed by atoms with Crippen molar-refractivity contribution in [2.75, 3.05) is 6.54 Å². The van der Waals surface area contributed by atoms with Crippen molar-refractivity contribution < 1.29 is 68.4 Å². The second-order valence-electron chi connectivity index (χ2n) is 17.1. The van der Waals surface area contributed by atoms with Gasteiger partial charge in [0.25, 0.3) is 5.91 Å². The minimum absolute atomic E-state index is 0.0223. The van der Waals surface area contributed by atoms with Crippen molar-refractivity contribution in [2.45, 2.75) is 172 Å². The molecule has 11 N–H and O–H groups in total. The van der Waals surface area contributed by atoms with Crippen molar-refractivity contribution in [3.63, 3.8) is 0 Å². The van der Waals surface area contributed by atoms with Gasteiger partial charge in [0.05, 0.1) is 12.1 Å². The van der Waals surface area contributed by atoms with Crippen LogP contribution in [0, 0.1) is 17.8 Å². The molecule has 2 aliphatic rings. The lowest BCUT2D eigenvalue weighted by molar-refractivity contribution is -0.142. The zero-order valence-electron chi connectivity index (χ0n) is 37.2. The Balaban J connectivity index is 2.42. The van der Waals surface area contributed by atoms with Gasteiger partial charge < -0.3 is 52.3 Å². The van der Waals surface area contributed by atoms with E-state index in [-0.39, 0.29) is 37.5 Å². The first-order valence-electron chi connectivity index (χ1n) is 22.2. The molecule has 7 atom stereocenters. The summed E-state index contributed by atoms with van der Waals surface area (Å²) >= 11 is 0. The fraction of sp³-hybridized carbons (Fsp3) is 0.721. The molecule has 64 heavy (non-hydrogen) atoms. The maximum absolute atomic E-state index is 14.5. The average molecular weight is 908 g/mol. The van der Waals surface area contributed by atoms with Crippen LogP contribution in [0.4, 0.5) is 0 Å². The number of nitrogens with one attached hydrogen (secondary N) is 7. The number of carbonyl (C=O) groups excluding carboxylic acids is 7. The molecule has 0 bridgehead atoms. The number of aliphatic hydroxyl groups excluding tert-OH is 1. The quantitative estimate of drug-likeness (QED) is 0.0275. The van der Waals surface area contributed by atoms with E-state index < -0.39 is 133 Å². The molecule has 6 amide bonds.